The van der Waals surface area contributed by atoms with E-state index >= 15 is 0 Å². The molecule has 4 aliphatic heterocycles. The molecular formula is C53H73N7O9. The van der Waals surface area contributed by atoms with Crippen LogP contribution in [0.3, 0.4) is 0 Å². The molecule has 2 unspecified atom stereocenters. The Labute approximate surface area is 406 Å². The number of fused-ring (bicyclic) bond motifs is 7. The van der Waals surface area contributed by atoms with Gasteiger partial charge in [-0.25, -0.2) is 10.4 Å². The highest BCUT2D eigenvalue weighted by atomic mass is 16.5. The molecule has 0 spiro atoms. The highest BCUT2D eigenvalue weighted by molar-refractivity contribution is 5.95. The number of piperidine rings is 1. The molecule has 9 atom stereocenters. The molecule has 16 heteroatoms. The molecule has 9 rings (SSSR count). The minimum absolute atomic E-state index is 0.0317. The van der Waals surface area contributed by atoms with Crippen LogP contribution < -0.4 is 10.7 Å². The summed E-state index contributed by atoms with van der Waals surface area (Å²) in [5.41, 5.74) is 9.81. The van der Waals surface area contributed by atoms with Crippen molar-refractivity contribution in [3.8, 4) is 22.7 Å². The summed E-state index contributed by atoms with van der Waals surface area (Å²) in [4.78, 5) is 55.5. The smallest absolute Gasteiger partial charge is 0.324 e. The van der Waals surface area contributed by atoms with Crippen LogP contribution in [0.1, 0.15) is 122 Å². The number of esters is 1. The van der Waals surface area contributed by atoms with Crippen LogP contribution in [0.5, 0.6) is 0 Å². The van der Waals surface area contributed by atoms with Gasteiger partial charge in [-0.1, -0.05) is 27.7 Å². The number of rotatable bonds is 12. The molecule has 16 nitrogen and oxygen atoms in total. The number of nitrogens with zero attached hydrogens (tertiary/aromatic N) is 5. The Kier molecular flexibility index (Phi) is 14.7. The second-order valence-electron chi connectivity index (χ2n) is 21.1. The fourth-order valence-corrected chi connectivity index (χ4v) is 11.2. The summed E-state index contributed by atoms with van der Waals surface area (Å²) in [6.07, 6.45) is 5.89. The molecule has 4 aromatic rings. The van der Waals surface area contributed by atoms with E-state index in [0.717, 1.165) is 78.1 Å². The van der Waals surface area contributed by atoms with Gasteiger partial charge in [-0.2, -0.15) is 0 Å². The van der Waals surface area contributed by atoms with E-state index in [0.29, 0.717) is 62.5 Å². The Morgan fingerprint density at radius 1 is 1.07 bits per heavy atom. The fraction of sp³-hybridized carbons (Fsp3) is 0.642. The van der Waals surface area contributed by atoms with E-state index in [-0.39, 0.29) is 49.1 Å². The third-order valence-corrected chi connectivity index (χ3v) is 15.4. The van der Waals surface area contributed by atoms with Crippen molar-refractivity contribution in [2.75, 3.05) is 59.8 Å². The number of aromatic nitrogens is 3. The van der Waals surface area contributed by atoms with Crippen molar-refractivity contribution in [1.82, 2.24) is 35.2 Å². The fourth-order valence-electron chi connectivity index (χ4n) is 11.2. The quantitative estimate of drug-likeness (QED) is 0.137. The van der Waals surface area contributed by atoms with Gasteiger partial charge in [-0.05, 0) is 119 Å². The zero-order valence-electron chi connectivity index (χ0n) is 42.0. The molecule has 69 heavy (non-hydrogen) atoms. The normalized spacial score (nSPS) is 28.0. The molecule has 3 aromatic heterocycles. The number of morpholine rings is 1. The van der Waals surface area contributed by atoms with Crippen LogP contribution in [0.2, 0.25) is 0 Å². The standard InChI is InChI=1S/C53H73N7O9/c1-10-66-48-42-28-68-50(55-42)35-13-14-43-38(23-35)40(25-53(7,8)29-69-52(63)41-12-11-16-60(57-41)51(62)46(48)56-49(61)44-31(4)32(44)5)47(59(43)19-21-67-30(2)3)39-24-36(26-54-45(39)33(6)64-9)34-15-17-58-18-20-65-27-37(58)22-34/h13-14,23-24,26,28,30-34,37,41,44,46,48,57H,10-12,15-22,25,27,29H2,1-9H3,(H,56,61)/t31-,32+,33-,34+,37?,41-,44?,46-,48+/m0/s1. The average Bonchev–Trinajstić information content (AvgIpc) is 3.60. The van der Waals surface area contributed by atoms with Gasteiger partial charge in [0.1, 0.15) is 30.1 Å². The Morgan fingerprint density at radius 3 is 2.64 bits per heavy atom. The Balaban J connectivity index is 1.21. The number of benzene rings is 1. The van der Waals surface area contributed by atoms with Crippen LogP contribution in [0.15, 0.2) is 41.1 Å². The summed E-state index contributed by atoms with van der Waals surface area (Å²) < 4.78 is 39.6. The average molecular weight is 952 g/mol. The number of nitrogens with one attached hydrogen (secondary N) is 2. The number of carbonyl (C=O) groups excluding carboxylic acids is 3. The second-order valence-corrected chi connectivity index (χ2v) is 21.1. The van der Waals surface area contributed by atoms with E-state index in [2.05, 4.69) is 58.5 Å². The molecule has 1 aliphatic carbocycles. The van der Waals surface area contributed by atoms with E-state index < -0.39 is 35.5 Å². The number of hydrazine groups is 1. The van der Waals surface area contributed by atoms with E-state index in [9.17, 15) is 14.4 Å². The summed E-state index contributed by atoms with van der Waals surface area (Å²) in [6.45, 7) is 21.5. The van der Waals surface area contributed by atoms with Crippen molar-refractivity contribution in [3.63, 3.8) is 0 Å². The molecule has 2 N–H and O–H groups in total. The predicted octanol–water partition coefficient (Wildman–Crippen LogP) is 7.15. The molecule has 0 radical (unpaired) electrons. The molecular weight excluding hydrogens is 879 g/mol. The number of amides is 2. The van der Waals surface area contributed by atoms with Gasteiger partial charge in [0.15, 0.2) is 0 Å². The van der Waals surface area contributed by atoms with Gasteiger partial charge < -0.3 is 38.0 Å². The lowest BCUT2D eigenvalue weighted by molar-refractivity contribution is -0.157. The van der Waals surface area contributed by atoms with Crippen molar-refractivity contribution in [2.24, 2.45) is 23.2 Å². The van der Waals surface area contributed by atoms with Crippen molar-refractivity contribution in [2.45, 2.75) is 136 Å². The number of pyridine rings is 1. The van der Waals surface area contributed by atoms with Gasteiger partial charge in [0.2, 0.25) is 11.8 Å². The van der Waals surface area contributed by atoms with Gasteiger partial charge in [-0.3, -0.25) is 29.3 Å². The molecule has 1 saturated carbocycles. The van der Waals surface area contributed by atoms with Crippen molar-refractivity contribution in [3.05, 3.63) is 59.2 Å². The first-order chi connectivity index (χ1) is 33.2. The first kappa shape index (κ1) is 49.3. The number of carbonyl (C=O) groups is 3. The third-order valence-electron chi connectivity index (χ3n) is 15.4. The summed E-state index contributed by atoms with van der Waals surface area (Å²) in [7, 11) is 1.72. The Bertz CT molecular complexity index is 2490. The number of oxazole rings is 1. The number of hydrogen-bond donors (Lipinski definition) is 2. The van der Waals surface area contributed by atoms with E-state index in [4.69, 9.17) is 38.1 Å². The first-order valence-corrected chi connectivity index (χ1v) is 25.4. The lowest BCUT2D eigenvalue weighted by Crippen LogP contribution is -2.61. The van der Waals surface area contributed by atoms with Crippen LogP contribution in [0.25, 0.3) is 33.6 Å². The topological polar surface area (TPSA) is 172 Å². The van der Waals surface area contributed by atoms with Crippen molar-refractivity contribution >= 4 is 28.7 Å². The molecule has 7 heterocycles. The summed E-state index contributed by atoms with van der Waals surface area (Å²) in [6, 6.07) is 7.03. The van der Waals surface area contributed by atoms with Crippen molar-refractivity contribution in [1.29, 1.82) is 0 Å². The maximum absolute atomic E-state index is 14.7. The molecule has 3 saturated heterocycles. The number of methoxy groups -OCH3 is 1. The van der Waals surface area contributed by atoms with E-state index in [1.807, 2.05) is 47.6 Å². The summed E-state index contributed by atoms with van der Waals surface area (Å²) in [5.74, 6) is -0.295. The van der Waals surface area contributed by atoms with E-state index in [1.54, 1.807) is 7.11 Å². The monoisotopic (exact) mass is 952 g/mol. The molecule has 6 bridgehead atoms. The largest absolute Gasteiger partial charge is 0.464 e. The minimum Gasteiger partial charge on any atom is -0.464 e. The SMILES string of the molecule is CCO[C@@H]1c2coc(n2)-c2ccc3c(c2)c(c(-c2cc([C@@H]4CCN5CCOCC5C4)cnc2[C@H](C)OC)n3CCOC(C)C)CC(C)(C)COC(=O)[C@@H]2CCCN(N2)C(=O)[C@H]1NC(=O)C1[C@@H](C)[C@H]1C. The molecule has 1 aromatic carbocycles. The van der Waals surface area contributed by atoms with Gasteiger partial charge >= 0.3 is 5.97 Å². The summed E-state index contributed by atoms with van der Waals surface area (Å²) in [5, 5.41) is 5.49. The highest BCUT2D eigenvalue weighted by Crippen LogP contribution is 2.46. The number of hydrogen-bond acceptors (Lipinski definition) is 13. The van der Waals surface area contributed by atoms with Gasteiger partial charge in [0.25, 0.3) is 5.91 Å². The zero-order chi connectivity index (χ0) is 48.7. The van der Waals surface area contributed by atoms with E-state index in [1.165, 1.54) is 16.8 Å². The maximum atomic E-state index is 14.7. The van der Waals surface area contributed by atoms with Gasteiger partial charge in [0.05, 0.1) is 50.0 Å². The Morgan fingerprint density at radius 2 is 1.88 bits per heavy atom. The highest BCUT2D eigenvalue weighted by Gasteiger charge is 2.50. The second kappa shape index (κ2) is 20.6. The third kappa shape index (κ3) is 10.3. The van der Waals surface area contributed by atoms with Crippen LogP contribution in [0.4, 0.5) is 0 Å². The number of cyclic esters (lactones) is 1. The maximum Gasteiger partial charge on any atom is 0.324 e. The lowest BCUT2D eigenvalue weighted by Gasteiger charge is -2.42. The minimum atomic E-state index is -1.16. The van der Waals surface area contributed by atoms with Crippen LogP contribution >= 0.6 is 0 Å². The lowest BCUT2D eigenvalue weighted by atomic mass is 9.82. The van der Waals surface area contributed by atoms with Crippen LogP contribution in [-0.4, -0.2) is 126 Å². The first-order valence-electron chi connectivity index (χ1n) is 25.4. The predicted molar refractivity (Wildman–Crippen MR) is 260 cm³/mol. The summed E-state index contributed by atoms with van der Waals surface area (Å²) >= 11 is 0. The molecule has 4 fully saturated rings. The Hall–Kier alpha value is -4.71. The zero-order valence-corrected chi connectivity index (χ0v) is 42.0. The van der Waals surface area contributed by atoms with Gasteiger partial charge in [0, 0.05) is 79.0 Å². The van der Waals surface area contributed by atoms with Crippen LogP contribution in [-0.2, 0) is 51.0 Å². The molecule has 2 amide bonds. The van der Waals surface area contributed by atoms with Crippen molar-refractivity contribution < 1.29 is 42.5 Å². The number of ether oxygens (including phenoxy) is 5. The van der Waals surface area contributed by atoms with Gasteiger partial charge in [-0.15, -0.1) is 0 Å². The van der Waals surface area contributed by atoms with Crippen LogP contribution in [0, 0.1) is 23.2 Å². The molecule has 374 valence electrons. The molecule has 5 aliphatic rings.